The van der Waals surface area contributed by atoms with Gasteiger partial charge in [0.2, 0.25) is 5.34 Å². The minimum atomic E-state index is -0.0416. The fourth-order valence-electron chi connectivity index (χ4n) is 1.30. The smallest absolute Gasteiger partial charge is 0.234 e. The van der Waals surface area contributed by atoms with Gasteiger partial charge in [-0.15, -0.1) is 0 Å². The molecule has 0 radical (unpaired) electrons. The summed E-state index contributed by atoms with van der Waals surface area (Å²) in [5.74, 6) is 0. The molecule has 4 heteroatoms. The van der Waals surface area contributed by atoms with Crippen molar-refractivity contribution in [3.05, 3.63) is 0 Å². The zero-order chi connectivity index (χ0) is 11.6. The van der Waals surface area contributed by atoms with Gasteiger partial charge in [-0.2, -0.15) is 0 Å². The molecule has 0 N–H and O–H groups in total. The third kappa shape index (κ3) is 6.57. The Labute approximate surface area is 101 Å². The maximum absolute atomic E-state index is 5.89. The molecule has 0 aromatic rings. The highest BCUT2D eigenvalue weighted by Crippen LogP contribution is 2.32. The van der Waals surface area contributed by atoms with Gasteiger partial charge >= 0.3 is 0 Å². The summed E-state index contributed by atoms with van der Waals surface area (Å²) in [7, 11) is 0.452. The van der Waals surface area contributed by atoms with E-state index in [1.807, 2.05) is 0 Å². The zero-order valence-corrected chi connectivity index (χ0v) is 12.0. The van der Waals surface area contributed by atoms with Crippen LogP contribution in [0.3, 0.4) is 0 Å². The summed E-state index contributed by atoms with van der Waals surface area (Å²) in [6.45, 7) is 8.85. The molecule has 90 valence electrons. The Morgan fingerprint density at radius 3 is 2.20 bits per heavy atom. The third-order valence-electron chi connectivity index (χ3n) is 2.49. The Hall–Kier alpha value is 0.440. The molecule has 0 aromatic heterocycles. The van der Waals surface area contributed by atoms with Gasteiger partial charge in [0.05, 0.1) is 6.61 Å². The van der Waals surface area contributed by atoms with E-state index >= 15 is 0 Å². The van der Waals surface area contributed by atoms with Crippen molar-refractivity contribution >= 4 is 19.2 Å². The number of rotatable bonds is 10. The summed E-state index contributed by atoms with van der Waals surface area (Å²) in [5.41, 5.74) is 0. The Morgan fingerprint density at radius 1 is 1.07 bits per heavy atom. The van der Waals surface area contributed by atoms with Gasteiger partial charge in [-0.05, 0) is 12.8 Å². The van der Waals surface area contributed by atoms with Crippen molar-refractivity contribution in [1.29, 1.82) is 0 Å². The highest BCUT2D eigenvalue weighted by atomic mass is 32.4. The maximum Gasteiger partial charge on any atom is 0.234 e. The molecular weight excluding hydrogens is 227 g/mol. The topological polar surface area (TPSA) is 18.5 Å². The van der Waals surface area contributed by atoms with Crippen molar-refractivity contribution in [2.45, 2.75) is 51.8 Å². The van der Waals surface area contributed by atoms with E-state index in [1.165, 1.54) is 0 Å². The van der Waals surface area contributed by atoms with Crippen LogP contribution < -0.4 is 0 Å². The molecule has 1 unspecified atom stereocenters. The Balaban J connectivity index is 3.58. The Bertz CT molecular complexity index is 161. The first-order valence-electron chi connectivity index (χ1n) is 5.85. The van der Waals surface area contributed by atoms with Crippen molar-refractivity contribution in [2.24, 2.45) is 0 Å². The van der Waals surface area contributed by atoms with Crippen LogP contribution in [0, 0.1) is 0 Å². The van der Waals surface area contributed by atoms with E-state index in [0.717, 1.165) is 45.5 Å². The lowest BCUT2D eigenvalue weighted by Gasteiger charge is -2.19. The van der Waals surface area contributed by atoms with Crippen molar-refractivity contribution in [1.82, 2.24) is 0 Å². The molecular formula is C11H24O2PS+. The molecule has 0 saturated carbocycles. The first-order valence-corrected chi connectivity index (χ1v) is 7.99. The lowest BCUT2D eigenvalue weighted by Crippen LogP contribution is -2.24. The molecule has 0 fully saturated rings. The van der Waals surface area contributed by atoms with Crippen molar-refractivity contribution in [3.8, 4) is 0 Å². The van der Waals surface area contributed by atoms with Gasteiger partial charge in [0.1, 0.15) is 0 Å². The molecule has 0 aliphatic rings. The van der Waals surface area contributed by atoms with Gasteiger partial charge < -0.3 is 9.47 Å². The zero-order valence-electron chi connectivity index (χ0n) is 10.2. The highest BCUT2D eigenvalue weighted by Gasteiger charge is 2.32. The van der Waals surface area contributed by atoms with Crippen LogP contribution in [0.15, 0.2) is 0 Å². The quantitative estimate of drug-likeness (QED) is 0.437. The first-order chi connectivity index (χ1) is 7.24. The highest BCUT2D eigenvalue weighted by molar-refractivity contribution is 7.97. The number of hydrogen-bond acceptors (Lipinski definition) is 3. The lowest BCUT2D eigenvalue weighted by molar-refractivity contribution is 0.00538. The molecule has 0 rings (SSSR count). The van der Waals surface area contributed by atoms with Crippen molar-refractivity contribution in [3.63, 3.8) is 0 Å². The van der Waals surface area contributed by atoms with E-state index in [9.17, 15) is 0 Å². The van der Waals surface area contributed by atoms with Crippen LogP contribution in [0.4, 0.5) is 0 Å². The normalized spacial score (nSPS) is 12.2. The van der Waals surface area contributed by atoms with Crippen molar-refractivity contribution < 1.29 is 9.47 Å². The van der Waals surface area contributed by atoms with E-state index < -0.39 is 0 Å². The summed E-state index contributed by atoms with van der Waals surface area (Å²) in [6.07, 6.45) is 4.09. The predicted octanol–water partition coefficient (Wildman–Crippen LogP) is 3.48. The van der Waals surface area contributed by atoms with Crippen LogP contribution in [0.5, 0.6) is 0 Å². The van der Waals surface area contributed by atoms with Gasteiger partial charge in [-0.3, -0.25) is 0 Å². The second-order valence-electron chi connectivity index (χ2n) is 3.62. The minimum Gasteiger partial charge on any atom is -0.381 e. The molecule has 0 heterocycles. The second-order valence-corrected chi connectivity index (χ2v) is 5.35. The van der Waals surface area contributed by atoms with Gasteiger partial charge in [0, 0.05) is 26.1 Å². The molecule has 15 heavy (non-hydrogen) atoms. The SMILES string of the molecule is CCCOCCCOC(CC)(CC)[PH+]=S. The van der Waals surface area contributed by atoms with Crippen LogP contribution in [-0.2, 0) is 21.3 Å². The van der Waals surface area contributed by atoms with Crippen LogP contribution in [0.1, 0.15) is 46.5 Å². The lowest BCUT2D eigenvalue weighted by atomic mass is 10.2. The fraction of sp³-hybridized carbons (Fsp3) is 1.00. The average molecular weight is 251 g/mol. The van der Waals surface area contributed by atoms with Crippen LogP contribution in [-0.4, -0.2) is 25.2 Å². The summed E-state index contributed by atoms with van der Waals surface area (Å²) in [5, 5.41) is -0.0416. The number of hydrogen-bond donors (Lipinski definition) is 0. The van der Waals surface area contributed by atoms with Gasteiger partial charge in [0.25, 0.3) is 0 Å². The second kappa shape index (κ2) is 9.65. The fourth-order valence-corrected chi connectivity index (χ4v) is 2.80. The third-order valence-corrected chi connectivity index (χ3v) is 4.83. The van der Waals surface area contributed by atoms with Gasteiger partial charge in [-0.1, -0.05) is 20.8 Å². The van der Waals surface area contributed by atoms with E-state index in [-0.39, 0.29) is 5.34 Å². The molecule has 0 aliphatic heterocycles. The van der Waals surface area contributed by atoms with E-state index in [0.29, 0.717) is 7.36 Å². The van der Waals surface area contributed by atoms with Crippen molar-refractivity contribution in [2.75, 3.05) is 19.8 Å². The molecule has 2 nitrogen and oxygen atoms in total. The first kappa shape index (κ1) is 15.4. The summed E-state index contributed by atoms with van der Waals surface area (Å²) in [6, 6.07) is 0. The van der Waals surface area contributed by atoms with Crippen LogP contribution >= 0.6 is 7.36 Å². The molecule has 0 amide bonds. The maximum atomic E-state index is 5.89. The summed E-state index contributed by atoms with van der Waals surface area (Å²) in [4.78, 5) is 0. The van der Waals surface area contributed by atoms with E-state index in [2.05, 4.69) is 20.8 Å². The summed E-state index contributed by atoms with van der Waals surface area (Å²) >= 11 is 5.18. The number of ether oxygens (including phenoxy) is 2. The van der Waals surface area contributed by atoms with E-state index in [4.69, 9.17) is 21.3 Å². The molecule has 0 aliphatic carbocycles. The Kier molecular flexibility index (Phi) is 9.93. The minimum absolute atomic E-state index is 0.0416. The average Bonchev–Trinajstić information content (AvgIpc) is 2.29. The summed E-state index contributed by atoms with van der Waals surface area (Å²) < 4.78 is 11.3. The van der Waals surface area contributed by atoms with Crippen LogP contribution in [0.2, 0.25) is 0 Å². The predicted molar refractivity (Wildman–Crippen MR) is 70.7 cm³/mol. The molecule has 0 bridgehead atoms. The molecule has 0 aromatic carbocycles. The van der Waals surface area contributed by atoms with E-state index in [1.54, 1.807) is 0 Å². The van der Waals surface area contributed by atoms with Crippen LogP contribution in [0.25, 0.3) is 0 Å². The monoisotopic (exact) mass is 251 g/mol. The Morgan fingerprint density at radius 2 is 1.73 bits per heavy atom. The van der Waals surface area contributed by atoms with Gasteiger partial charge in [0.15, 0.2) is 19.2 Å². The largest absolute Gasteiger partial charge is 0.381 e. The molecule has 0 spiro atoms. The molecule has 0 saturated heterocycles. The standard InChI is InChI=1S/C11H23O2PS/c1-4-8-12-9-7-10-13-11(5-2,6-3)14-15/h4-10H2,1-3H3/p+1. The van der Waals surface area contributed by atoms with Gasteiger partial charge in [-0.25, -0.2) is 0 Å². The molecule has 1 atom stereocenters.